The van der Waals surface area contributed by atoms with Crippen molar-refractivity contribution in [2.75, 3.05) is 30.4 Å². The first-order valence-electron chi connectivity index (χ1n) is 7.55. The van der Waals surface area contributed by atoms with Crippen molar-refractivity contribution < 1.29 is 4.79 Å². The molecule has 1 aromatic heterocycles. The number of nitrogens with zero attached hydrogens (tertiary/aromatic N) is 3. The Hall–Kier alpha value is -2.40. The lowest BCUT2D eigenvalue weighted by Gasteiger charge is -2.19. The minimum absolute atomic E-state index is 0.0183. The van der Waals surface area contributed by atoms with E-state index in [0.717, 1.165) is 21.0 Å². The first kappa shape index (κ1) is 15.5. The van der Waals surface area contributed by atoms with E-state index in [2.05, 4.69) is 4.98 Å². The standard InChI is InChI=1S/C18H19N3OS/c1-4-21(18-19-15-10-5-6-11-16(15)23-18)17(22)13-8-7-9-14(12-13)20(2)3/h5-12H,4H2,1-3H3. The van der Waals surface area contributed by atoms with Gasteiger partial charge in [-0.2, -0.15) is 0 Å². The molecule has 23 heavy (non-hydrogen) atoms. The van der Waals surface area contributed by atoms with Gasteiger partial charge in [-0.15, -0.1) is 0 Å². The molecule has 0 unspecified atom stereocenters. The largest absolute Gasteiger partial charge is 0.378 e. The number of anilines is 2. The Labute approximate surface area is 140 Å². The molecule has 3 rings (SSSR count). The van der Waals surface area contributed by atoms with Gasteiger partial charge in [-0.05, 0) is 37.3 Å². The summed E-state index contributed by atoms with van der Waals surface area (Å²) < 4.78 is 1.09. The van der Waals surface area contributed by atoms with E-state index in [4.69, 9.17) is 0 Å². The zero-order chi connectivity index (χ0) is 16.4. The maximum atomic E-state index is 12.9. The third-order valence-corrected chi connectivity index (χ3v) is 4.74. The normalized spacial score (nSPS) is 10.7. The van der Waals surface area contributed by atoms with Crippen LogP contribution in [0.4, 0.5) is 10.8 Å². The number of carbonyl (C=O) groups excluding carboxylic acids is 1. The van der Waals surface area contributed by atoms with Crippen LogP contribution in [0.2, 0.25) is 0 Å². The van der Waals surface area contributed by atoms with Gasteiger partial charge in [0.1, 0.15) is 0 Å². The van der Waals surface area contributed by atoms with Crippen molar-refractivity contribution in [3.63, 3.8) is 0 Å². The molecule has 0 fully saturated rings. The van der Waals surface area contributed by atoms with Crippen molar-refractivity contribution in [1.29, 1.82) is 0 Å². The summed E-state index contributed by atoms with van der Waals surface area (Å²) in [5, 5.41) is 0.744. The minimum Gasteiger partial charge on any atom is -0.378 e. The summed E-state index contributed by atoms with van der Waals surface area (Å²) in [4.78, 5) is 21.2. The quantitative estimate of drug-likeness (QED) is 0.726. The molecule has 1 amide bonds. The molecule has 0 saturated heterocycles. The third-order valence-electron chi connectivity index (χ3n) is 3.68. The number of hydrogen-bond acceptors (Lipinski definition) is 4. The molecule has 4 nitrogen and oxygen atoms in total. The Morgan fingerprint density at radius 3 is 2.61 bits per heavy atom. The molecular formula is C18H19N3OS. The van der Waals surface area contributed by atoms with E-state index in [0.29, 0.717) is 12.1 Å². The zero-order valence-corrected chi connectivity index (χ0v) is 14.3. The van der Waals surface area contributed by atoms with E-state index < -0.39 is 0 Å². The van der Waals surface area contributed by atoms with Gasteiger partial charge in [0.05, 0.1) is 10.2 Å². The Balaban J connectivity index is 1.96. The van der Waals surface area contributed by atoms with E-state index in [9.17, 15) is 4.79 Å². The Morgan fingerprint density at radius 1 is 1.13 bits per heavy atom. The first-order chi connectivity index (χ1) is 11.1. The minimum atomic E-state index is -0.0183. The van der Waals surface area contributed by atoms with Crippen LogP contribution in [0.5, 0.6) is 0 Å². The topological polar surface area (TPSA) is 36.4 Å². The van der Waals surface area contributed by atoms with Crippen molar-refractivity contribution in [2.45, 2.75) is 6.92 Å². The maximum Gasteiger partial charge on any atom is 0.260 e. The van der Waals surface area contributed by atoms with Gasteiger partial charge in [0.2, 0.25) is 0 Å². The van der Waals surface area contributed by atoms with Gasteiger partial charge < -0.3 is 4.90 Å². The molecule has 0 aliphatic rings. The first-order valence-corrected chi connectivity index (χ1v) is 8.36. The highest BCUT2D eigenvalue weighted by atomic mass is 32.1. The second-order valence-electron chi connectivity index (χ2n) is 5.46. The van der Waals surface area contributed by atoms with Crippen LogP contribution < -0.4 is 9.80 Å². The van der Waals surface area contributed by atoms with E-state index in [1.807, 2.05) is 74.4 Å². The van der Waals surface area contributed by atoms with E-state index in [1.54, 1.807) is 16.2 Å². The summed E-state index contributed by atoms with van der Waals surface area (Å²) >= 11 is 1.55. The van der Waals surface area contributed by atoms with Crippen LogP contribution in [0.15, 0.2) is 48.5 Å². The molecule has 0 N–H and O–H groups in total. The maximum absolute atomic E-state index is 12.9. The highest BCUT2D eigenvalue weighted by Gasteiger charge is 2.20. The van der Waals surface area contributed by atoms with Gasteiger partial charge in [0.15, 0.2) is 5.13 Å². The lowest BCUT2D eigenvalue weighted by atomic mass is 10.1. The molecule has 0 atom stereocenters. The van der Waals surface area contributed by atoms with Crippen molar-refractivity contribution in [2.24, 2.45) is 0 Å². The molecular weight excluding hydrogens is 306 g/mol. The number of aromatic nitrogens is 1. The molecule has 0 saturated carbocycles. The van der Waals surface area contributed by atoms with Gasteiger partial charge in [-0.3, -0.25) is 9.69 Å². The highest BCUT2D eigenvalue weighted by Crippen LogP contribution is 2.29. The lowest BCUT2D eigenvalue weighted by molar-refractivity contribution is 0.0988. The number of fused-ring (bicyclic) bond motifs is 1. The van der Waals surface area contributed by atoms with Crippen molar-refractivity contribution in [3.8, 4) is 0 Å². The van der Waals surface area contributed by atoms with Gasteiger partial charge in [0.25, 0.3) is 5.91 Å². The number of para-hydroxylation sites is 1. The molecule has 1 heterocycles. The average molecular weight is 325 g/mol. The number of thiazole rings is 1. The summed E-state index contributed by atoms with van der Waals surface area (Å²) in [6.45, 7) is 2.56. The summed E-state index contributed by atoms with van der Waals surface area (Å²) in [5.74, 6) is -0.0183. The summed E-state index contributed by atoms with van der Waals surface area (Å²) in [5.41, 5.74) is 2.62. The predicted octanol–water partition coefficient (Wildman–Crippen LogP) is 4.03. The fourth-order valence-electron chi connectivity index (χ4n) is 2.41. The molecule has 0 aliphatic heterocycles. The van der Waals surface area contributed by atoms with Crippen molar-refractivity contribution in [1.82, 2.24) is 4.98 Å². The predicted molar refractivity (Wildman–Crippen MR) is 97.7 cm³/mol. The molecule has 0 spiro atoms. The molecule has 3 aromatic rings. The Morgan fingerprint density at radius 2 is 1.91 bits per heavy atom. The van der Waals surface area contributed by atoms with Crippen LogP contribution in [0.1, 0.15) is 17.3 Å². The monoisotopic (exact) mass is 325 g/mol. The summed E-state index contributed by atoms with van der Waals surface area (Å²) in [7, 11) is 3.93. The second-order valence-corrected chi connectivity index (χ2v) is 6.47. The van der Waals surface area contributed by atoms with Gasteiger partial charge in [-0.25, -0.2) is 4.98 Å². The smallest absolute Gasteiger partial charge is 0.260 e. The average Bonchev–Trinajstić information content (AvgIpc) is 2.99. The Bertz CT molecular complexity index is 808. The van der Waals surface area contributed by atoms with Crippen LogP contribution in [-0.2, 0) is 0 Å². The van der Waals surface area contributed by atoms with Crippen LogP contribution in [-0.4, -0.2) is 31.5 Å². The lowest BCUT2D eigenvalue weighted by Crippen LogP contribution is -2.30. The fourth-order valence-corrected chi connectivity index (χ4v) is 3.44. The van der Waals surface area contributed by atoms with Gasteiger partial charge in [0, 0.05) is 31.9 Å². The number of amides is 1. The highest BCUT2D eigenvalue weighted by molar-refractivity contribution is 7.22. The van der Waals surface area contributed by atoms with Crippen LogP contribution in [0.3, 0.4) is 0 Å². The molecule has 0 aliphatic carbocycles. The van der Waals surface area contributed by atoms with E-state index in [1.165, 1.54) is 0 Å². The number of benzene rings is 2. The SMILES string of the molecule is CCN(C(=O)c1cccc(N(C)C)c1)c1nc2ccccc2s1. The second kappa shape index (κ2) is 6.38. The fraction of sp³-hybridized carbons (Fsp3) is 0.222. The molecule has 2 aromatic carbocycles. The molecule has 0 bridgehead atoms. The Kier molecular flexibility index (Phi) is 4.30. The summed E-state index contributed by atoms with van der Waals surface area (Å²) in [6, 6.07) is 15.6. The van der Waals surface area contributed by atoms with Gasteiger partial charge >= 0.3 is 0 Å². The van der Waals surface area contributed by atoms with Crippen LogP contribution in [0.25, 0.3) is 10.2 Å². The third kappa shape index (κ3) is 3.05. The van der Waals surface area contributed by atoms with E-state index >= 15 is 0 Å². The molecule has 0 radical (unpaired) electrons. The molecule has 5 heteroatoms. The van der Waals surface area contributed by atoms with Gasteiger partial charge in [-0.1, -0.05) is 29.5 Å². The van der Waals surface area contributed by atoms with Crippen LogP contribution in [0, 0.1) is 0 Å². The van der Waals surface area contributed by atoms with Crippen molar-refractivity contribution >= 4 is 38.3 Å². The number of carbonyl (C=O) groups is 1. The zero-order valence-electron chi connectivity index (χ0n) is 13.5. The summed E-state index contributed by atoms with van der Waals surface area (Å²) in [6.07, 6.45) is 0. The van der Waals surface area contributed by atoms with E-state index in [-0.39, 0.29) is 5.91 Å². The molecule has 118 valence electrons. The number of hydrogen-bond donors (Lipinski definition) is 0. The number of rotatable bonds is 4. The van der Waals surface area contributed by atoms with Crippen LogP contribution >= 0.6 is 11.3 Å². The van der Waals surface area contributed by atoms with Crippen molar-refractivity contribution in [3.05, 3.63) is 54.1 Å².